The summed E-state index contributed by atoms with van der Waals surface area (Å²) < 4.78 is 4.43. The molecule has 0 radical (unpaired) electrons. The van der Waals surface area contributed by atoms with Crippen LogP contribution in [0.1, 0.15) is 32.6 Å². The van der Waals surface area contributed by atoms with Crippen molar-refractivity contribution in [1.82, 2.24) is 0 Å². The lowest BCUT2D eigenvalue weighted by Gasteiger charge is -2.11. The number of hydrogen-bond donors (Lipinski definition) is 1. The average molecular weight is 219 g/mol. The summed E-state index contributed by atoms with van der Waals surface area (Å²) in [7, 11) is 1.30. The molecular weight excluding hydrogens is 202 g/mol. The number of aliphatic hydroxyl groups is 1. The average Bonchev–Trinajstić information content (AvgIpc) is 2.15. The fourth-order valence-corrected chi connectivity index (χ4v) is 1.25. The second kappa shape index (κ2) is 7.17. The van der Waals surface area contributed by atoms with Gasteiger partial charge in [0, 0.05) is 17.8 Å². The Bertz CT molecular complexity index is 217. The van der Waals surface area contributed by atoms with E-state index in [1.165, 1.54) is 14.0 Å². The van der Waals surface area contributed by atoms with Crippen LogP contribution in [0.5, 0.6) is 0 Å². The number of unbranched alkanes of at least 4 members (excludes halogenated alkanes) is 1. The summed E-state index contributed by atoms with van der Waals surface area (Å²) in [6.07, 6.45) is 0.663. The van der Waals surface area contributed by atoms with Crippen molar-refractivity contribution in [3.8, 4) is 0 Å². The smallest absolute Gasteiger partial charge is 0.305 e. The maximum atomic E-state index is 10.7. The summed E-state index contributed by atoms with van der Waals surface area (Å²) in [4.78, 5) is 20.7. The Kier molecular flexibility index (Phi) is 6.61. The first-order valence-electron chi connectivity index (χ1n) is 4.87. The van der Waals surface area contributed by atoms with Crippen LogP contribution in [0.25, 0.3) is 0 Å². The summed E-state index contributed by atoms with van der Waals surface area (Å²) in [5, 5.41) is 19.6. The van der Waals surface area contributed by atoms with Gasteiger partial charge < -0.3 is 9.84 Å². The van der Waals surface area contributed by atoms with Gasteiger partial charge in [-0.05, 0) is 19.8 Å². The SMILES string of the molecule is COC(=O)CCCCC(C(C)O)[N+](=O)[O-]. The van der Waals surface area contributed by atoms with E-state index in [4.69, 9.17) is 5.11 Å². The van der Waals surface area contributed by atoms with Crippen LogP contribution in [-0.4, -0.2) is 35.3 Å². The van der Waals surface area contributed by atoms with Gasteiger partial charge in [-0.25, -0.2) is 0 Å². The van der Waals surface area contributed by atoms with Gasteiger partial charge in [-0.1, -0.05) is 0 Å². The molecule has 0 bridgehead atoms. The summed E-state index contributed by atoms with van der Waals surface area (Å²) in [5.41, 5.74) is 0. The largest absolute Gasteiger partial charge is 0.469 e. The monoisotopic (exact) mass is 219 g/mol. The first-order chi connectivity index (χ1) is 6.99. The molecule has 2 unspecified atom stereocenters. The van der Waals surface area contributed by atoms with Crippen LogP contribution in [-0.2, 0) is 9.53 Å². The third kappa shape index (κ3) is 6.01. The molecule has 0 saturated heterocycles. The molecule has 6 nitrogen and oxygen atoms in total. The van der Waals surface area contributed by atoms with Gasteiger partial charge in [0.2, 0.25) is 6.04 Å². The van der Waals surface area contributed by atoms with E-state index in [2.05, 4.69) is 4.74 Å². The molecule has 0 aliphatic rings. The zero-order chi connectivity index (χ0) is 11.8. The van der Waals surface area contributed by atoms with Gasteiger partial charge in [0.1, 0.15) is 6.10 Å². The summed E-state index contributed by atoms with van der Waals surface area (Å²) >= 11 is 0. The molecule has 0 saturated carbocycles. The molecule has 0 heterocycles. The number of hydrogen-bond acceptors (Lipinski definition) is 5. The van der Waals surface area contributed by atoms with Gasteiger partial charge in [0.25, 0.3) is 0 Å². The molecule has 0 fully saturated rings. The second-order valence-electron chi connectivity index (χ2n) is 3.42. The molecule has 6 heteroatoms. The van der Waals surface area contributed by atoms with E-state index in [1.807, 2.05) is 0 Å². The van der Waals surface area contributed by atoms with Crippen molar-refractivity contribution < 1.29 is 19.6 Å². The van der Waals surface area contributed by atoms with Crippen molar-refractivity contribution >= 4 is 5.97 Å². The minimum atomic E-state index is -0.960. The standard InChI is InChI=1S/C9H17NO5/c1-7(11)8(10(13)14)5-3-4-6-9(12)15-2/h7-8,11H,3-6H2,1-2H3. The van der Waals surface area contributed by atoms with Gasteiger partial charge in [0.05, 0.1) is 7.11 Å². The molecule has 0 aliphatic carbocycles. The van der Waals surface area contributed by atoms with Crippen LogP contribution in [0.2, 0.25) is 0 Å². The Morgan fingerprint density at radius 2 is 2.13 bits per heavy atom. The van der Waals surface area contributed by atoms with Crippen LogP contribution >= 0.6 is 0 Å². The lowest BCUT2D eigenvalue weighted by Crippen LogP contribution is -2.31. The molecule has 0 aromatic rings. The maximum Gasteiger partial charge on any atom is 0.305 e. The molecule has 15 heavy (non-hydrogen) atoms. The third-order valence-electron chi connectivity index (χ3n) is 2.19. The molecule has 0 rings (SSSR count). The molecule has 1 N–H and O–H groups in total. The number of nitro groups is 1. The third-order valence-corrected chi connectivity index (χ3v) is 2.19. The van der Waals surface area contributed by atoms with Crippen LogP contribution in [0.3, 0.4) is 0 Å². The molecule has 0 aromatic carbocycles. The van der Waals surface area contributed by atoms with Gasteiger partial charge in [-0.3, -0.25) is 14.9 Å². The zero-order valence-corrected chi connectivity index (χ0v) is 9.01. The molecule has 2 atom stereocenters. The maximum absolute atomic E-state index is 10.7. The molecule has 0 amide bonds. The van der Waals surface area contributed by atoms with Crippen molar-refractivity contribution in [3.63, 3.8) is 0 Å². The topological polar surface area (TPSA) is 89.7 Å². The van der Waals surface area contributed by atoms with Crippen molar-refractivity contribution in [2.45, 2.75) is 44.8 Å². The minimum absolute atomic E-state index is 0.265. The Hall–Kier alpha value is -1.17. The molecular formula is C9H17NO5. The van der Waals surface area contributed by atoms with Gasteiger partial charge >= 0.3 is 5.97 Å². The highest BCUT2D eigenvalue weighted by atomic mass is 16.6. The fraction of sp³-hybridized carbons (Fsp3) is 0.889. The van der Waals surface area contributed by atoms with Crippen LogP contribution in [0.4, 0.5) is 0 Å². The van der Waals surface area contributed by atoms with E-state index in [0.717, 1.165) is 0 Å². The number of methoxy groups -OCH3 is 1. The molecule has 0 aliphatic heterocycles. The number of carbonyl (C=O) groups excluding carboxylic acids is 1. The van der Waals surface area contributed by atoms with Crippen molar-refractivity contribution in [2.75, 3.05) is 7.11 Å². The quantitative estimate of drug-likeness (QED) is 0.295. The van der Waals surface area contributed by atoms with E-state index >= 15 is 0 Å². The minimum Gasteiger partial charge on any atom is -0.469 e. The Morgan fingerprint density at radius 3 is 2.53 bits per heavy atom. The van der Waals surface area contributed by atoms with E-state index in [0.29, 0.717) is 12.8 Å². The highest BCUT2D eigenvalue weighted by molar-refractivity contribution is 5.68. The summed E-state index contributed by atoms with van der Waals surface area (Å²) in [6.45, 7) is 1.40. The van der Waals surface area contributed by atoms with Gasteiger partial charge in [-0.15, -0.1) is 0 Å². The summed E-state index contributed by atoms with van der Waals surface area (Å²) in [5.74, 6) is -0.315. The number of carbonyl (C=O) groups is 1. The summed E-state index contributed by atoms with van der Waals surface area (Å²) in [6, 6.07) is -0.942. The number of rotatable bonds is 7. The van der Waals surface area contributed by atoms with E-state index in [-0.39, 0.29) is 18.8 Å². The van der Waals surface area contributed by atoms with Crippen LogP contribution in [0, 0.1) is 10.1 Å². The molecule has 88 valence electrons. The lowest BCUT2D eigenvalue weighted by atomic mass is 10.0. The normalized spacial score (nSPS) is 14.3. The number of esters is 1. The van der Waals surface area contributed by atoms with Gasteiger partial charge in [0.15, 0.2) is 0 Å². The Labute approximate surface area is 88.4 Å². The fourth-order valence-electron chi connectivity index (χ4n) is 1.25. The van der Waals surface area contributed by atoms with E-state index < -0.39 is 17.1 Å². The van der Waals surface area contributed by atoms with Crippen molar-refractivity contribution in [2.24, 2.45) is 0 Å². The number of aliphatic hydroxyl groups excluding tert-OH is 1. The molecule has 0 spiro atoms. The lowest BCUT2D eigenvalue weighted by molar-refractivity contribution is -0.534. The highest BCUT2D eigenvalue weighted by Gasteiger charge is 2.25. The zero-order valence-electron chi connectivity index (χ0n) is 9.01. The number of ether oxygens (including phenoxy) is 1. The second-order valence-corrected chi connectivity index (χ2v) is 3.42. The van der Waals surface area contributed by atoms with Crippen LogP contribution < -0.4 is 0 Å². The molecule has 0 aromatic heterocycles. The first kappa shape index (κ1) is 13.8. The highest BCUT2D eigenvalue weighted by Crippen LogP contribution is 2.10. The predicted octanol–water partition coefficient (Wildman–Crippen LogP) is 0.746. The van der Waals surface area contributed by atoms with E-state index in [1.54, 1.807) is 0 Å². The number of nitrogens with zero attached hydrogens (tertiary/aromatic N) is 1. The first-order valence-corrected chi connectivity index (χ1v) is 4.87. The Morgan fingerprint density at radius 1 is 1.53 bits per heavy atom. The predicted molar refractivity (Wildman–Crippen MR) is 52.9 cm³/mol. The van der Waals surface area contributed by atoms with Gasteiger partial charge in [-0.2, -0.15) is 0 Å². The van der Waals surface area contributed by atoms with E-state index in [9.17, 15) is 14.9 Å². The van der Waals surface area contributed by atoms with Crippen molar-refractivity contribution in [1.29, 1.82) is 0 Å². The van der Waals surface area contributed by atoms with Crippen molar-refractivity contribution in [3.05, 3.63) is 10.1 Å². The Balaban J connectivity index is 3.72. The van der Waals surface area contributed by atoms with Crippen LogP contribution in [0.15, 0.2) is 0 Å².